The summed E-state index contributed by atoms with van der Waals surface area (Å²) in [6.45, 7) is 6.63. The lowest BCUT2D eigenvalue weighted by Gasteiger charge is -2.35. The maximum atomic E-state index is 12.6. The molecule has 0 atom stereocenters. The minimum absolute atomic E-state index is 0.167. The van der Waals surface area contributed by atoms with Gasteiger partial charge in [0.1, 0.15) is 0 Å². The van der Waals surface area contributed by atoms with Gasteiger partial charge in [-0.25, -0.2) is 9.78 Å². The molecule has 0 bridgehead atoms. The molecule has 3 fully saturated rings. The van der Waals surface area contributed by atoms with Crippen LogP contribution in [0.25, 0.3) is 0 Å². The Kier molecular flexibility index (Phi) is 4.77. The molecule has 132 valence electrons. The molecule has 2 amide bonds. The van der Waals surface area contributed by atoms with E-state index in [9.17, 15) is 4.79 Å². The lowest BCUT2D eigenvalue weighted by atomic mass is 10.1. The van der Waals surface area contributed by atoms with Crippen molar-refractivity contribution >= 4 is 17.4 Å². The van der Waals surface area contributed by atoms with Crippen molar-refractivity contribution in [1.29, 1.82) is 0 Å². The summed E-state index contributed by atoms with van der Waals surface area (Å²) in [4.78, 5) is 21.6. The summed E-state index contributed by atoms with van der Waals surface area (Å²) in [6.07, 6.45) is 6.25. The van der Waals surface area contributed by atoms with Crippen LogP contribution in [0.5, 0.6) is 0 Å². The average Bonchev–Trinajstić information content (AvgIpc) is 3.52. The molecule has 6 heteroatoms. The molecule has 0 radical (unpaired) electrons. The van der Waals surface area contributed by atoms with E-state index < -0.39 is 0 Å². The van der Waals surface area contributed by atoms with Gasteiger partial charge in [0.05, 0.1) is 10.7 Å². The van der Waals surface area contributed by atoms with Crippen molar-refractivity contribution in [2.45, 2.75) is 51.6 Å². The quantitative estimate of drug-likeness (QED) is 0.860. The van der Waals surface area contributed by atoms with E-state index in [-0.39, 0.29) is 6.03 Å². The van der Waals surface area contributed by atoms with Crippen LogP contribution in [0.4, 0.5) is 4.79 Å². The third-order valence-corrected chi connectivity index (χ3v) is 6.54. The number of hydrogen-bond acceptors (Lipinski definition) is 4. The van der Waals surface area contributed by atoms with Crippen LogP contribution in [0, 0.1) is 11.8 Å². The topological polar surface area (TPSA) is 48.5 Å². The monoisotopic (exact) mass is 348 g/mol. The number of aromatic nitrogens is 1. The summed E-state index contributed by atoms with van der Waals surface area (Å²) in [5.41, 5.74) is 1.18. The van der Waals surface area contributed by atoms with Crippen LogP contribution in [0.1, 0.15) is 43.3 Å². The van der Waals surface area contributed by atoms with Crippen molar-refractivity contribution in [1.82, 2.24) is 20.1 Å². The maximum absolute atomic E-state index is 12.6. The van der Waals surface area contributed by atoms with E-state index in [1.54, 1.807) is 11.3 Å². The lowest BCUT2D eigenvalue weighted by molar-refractivity contribution is 0.131. The van der Waals surface area contributed by atoms with Gasteiger partial charge in [0.2, 0.25) is 0 Å². The van der Waals surface area contributed by atoms with E-state index in [4.69, 9.17) is 0 Å². The Morgan fingerprint density at radius 1 is 1.25 bits per heavy atom. The molecule has 0 aromatic carbocycles. The van der Waals surface area contributed by atoms with E-state index >= 15 is 0 Å². The third-order valence-electron chi connectivity index (χ3n) is 5.50. The number of rotatable bonds is 6. The second-order valence-corrected chi connectivity index (χ2v) is 8.44. The summed E-state index contributed by atoms with van der Waals surface area (Å²) < 4.78 is 0. The maximum Gasteiger partial charge on any atom is 0.317 e. The van der Waals surface area contributed by atoms with Gasteiger partial charge in [0, 0.05) is 44.1 Å². The number of carbonyl (C=O) groups excluding carboxylic acids is 1. The van der Waals surface area contributed by atoms with Crippen LogP contribution in [-0.2, 0) is 13.0 Å². The standard InChI is InChI=1S/C18H28N4OS/c1-2-16-19-15(12-24-16)11-21-7-9-22(10-8-21)18(23)20-17(13-3-4-13)14-5-6-14/h12-14,17H,2-11H2,1H3,(H,20,23). The SMILES string of the molecule is CCc1nc(CN2CCN(C(=O)NC(C3CC3)C3CC3)CC2)cs1. The zero-order chi connectivity index (χ0) is 16.5. The molecular formula is C18H28N4OS. The molecule has 1 aliphatic heterocycles. The molecule has 0 spiro atoms. The van der Waals surface area contributed by atoms with Gasteiger partial charge in [-0.15, -0.1) is 11.3 Å². The van der Waals surface area contributed by atoms with Gasteiger partial charge in [-0.3, -0.25) is 4.90 Å². The number of piperazine rings is 1. The number of nitrogens with zero attached hydrogens (tertiary/aromatic N) is 3. The number of thiazole rings is 1. The van der Waals surface area contributed by atoms with Crippen LogP contribution in [-0.4, -0.2) is 53.0 Å². The van der Waals surface area contributed by atoms with Gasteiger partial charge in [-0.1, -0.05) is 6.92 Å². The Morgan fingerprint density at radius 2 is 1.92 bits per heavy atom. The van der Waals surface area contributed by atoms with Gasteiger partial charge in [-0.05, 0) is 43.9 Å². The average molecular weight is 349 g/mol. The predicted molar refractivity (Wildman–Crippen MR) is 96.1 cm³/mol. The first-order valence-corrected chi connectivity index (χ1v) is 10.3. The fourth-order valence-corrected chi connectivity index (χ4v) is 4.42. The number of urea groups is 1. The van der Waals surface area contributed by atoms with Crippen molar-refractivity contribution in [3.05, 3.63) is 16.1 Å². The highest BCUT2D eigenvalue weighted by atomic mass is 32.1. The van der Waals surface area contributed by atoms with Crippen molar-refractivity contribution < 1.29 is 4.79 Å². The molecule has 3 aliphatic rings. The van der Waals surface area contributed by atoms with Crippen molar-refractivity contribution in [2.24, 2.45) is 11.8 Å². The lowest BCUT2D eigenvalue weighted by Crippen LogP contribution is -2.53. The number of nitrogens with one attached hydrogen (secondary N) is 1. The number of aryl methyl sites for hydroxylation is 1. The van der Waals surface area contributed by atoms with Gasteiger partial charge >= 0.3 is 6.03 Å². The van der Waals surface area contributed by atoms with E-state index in [2.05, 4.69) is 27.5 Å². The summed E-state index contributed by atoms with van der Waals surface area (Å²) in [7, 11) is 0. The summed E-state index contributed by atoms with van der Waals surface area (Å²) in [6, 6.07) is 0.623. The largest absolute Gasteiger partial charge is 0.335 e. The molecule has 5 nitrogen and oxygen atoms in total. The van der Waals surface area contributed by atoms with Crippen molar-refractivity contribution in [3.8, 4) is 0 Å². The van der Waals surface area contributed by atoms with Gasteiger partial charge < -0.3 is 10.2 Å². The highest BCUT2D eigenvalue weighted by Gasteiger charge is 2.42. The Balaban J connectivity index is 1.24. The van der Waals surface area contributed by atoms with E-state index in [1.165, 1.54) is 36.4 Å². The minimum atomic E-state index is 0.167. The molecule has 24 heavy (non-hydrogen) atoms. The van der Waals surface area contributed by atoms with E-state index in [1.807, 2.05) is 4.90 Å². The molecule has 1 saturated heterocycles. The van der Waals surface area contributed by atoms with Crippen LogP contribution in [0.3, 0.4) is 0 Å². The van der Waals surface area contributed by atoms with Gasteiger partial charge in [0.15, 0.2) is 0 Å². The molecule has 1 N–H and O–H groups in total. The zero-order valence-electron chi connectivity index (χ0n) is 14.5. The number of hydrogen-bond donors (Lipinski definition) is 1. The molecule has 2 aliphatic carbocycles. The second kappa shape index (κ2) is 7.00. The van der Waals surface area contributed by atoms with E-state index in [0.717, 1.165) is 51.0 Å². The first-order valence-electron chi connectivity index (χ1n) is 9.44. The molecule has 4 rings (SSSR count). The van der Waals surface area contributed by atoms with Crippen molar-refractivity contribution in [2.75, 3.05) is 26.2 Å². The molecule has 1 aromatic rings. The number of carbonyl (C=O) groups is 1. The smallest absolute Gasteiger partial charge is 0.317 e. The Hall–Kier alpha value is -1.14. The van der Waals surface area contributed by atoms with Gasteiger partial charge in [-0.2, -0.15) is 0 Å². The molecule has 2 saturated carbocycles. The zero-order valence-corrected chi connectivity index (χ0v) is 15.4. The van der Waals surface area contributed by atoms with Crippen LogP contribution < -0.4 is 5.32 Å². The molecule has 0 unspecified atom stereocenters. The Morgan fingerprint density at radius 3 is 2.46 bits per heavy atom. The highest BCUT2D eigenvalue weighted by molar-refractivity contribution is 7.09. The Labute approximate surface area is 148 Å². The normalized spacial score (nSPS) is 22.2. The molecule has 1 aromatic heterocycles. The predicted octanol–water partition coefficient (Wildman–Crippen LogP) is 2.72. The minimum Gasteiger partial charge on any atom is -0.335 e. The second-order valence-electron chi connectivity index (χ2n) is 7.50. The van der Waals surface area contributed by atoms with E-state index in [0.29, 0.717) is 6.04 Å². The third kappa shape index (κ3) is 3.91. The van der Waals surface area contributed by atoms with Crippen molar-refractivity contribution in [3.63, 3.8) is 0 Å². The Bertz CT molecular complexity index is 561. The molecular weight excluding hydrogens is 320 g/mol. The van der Waals surface area contributed by atoms with Crippen LogP contribution in [0.2, 0.25) is 0 Å². The highest BCUT2D eigenvalue weighted by Crippen LogP contribution is 2.44. The fraction of sp³-hybridized carbons (Fsp3) is 0.778. The summed E-state index contributed by atoms with van der Waals surface area (Å²) in [5.74, 6) is 1.53. The van der Waals surface area contributed by atoms with Gasteiger partial charge in [0.25, 0.3) is 0 Å². The fourth-order valence-electron chi connectivity index (χ4n) is 3.69. The van der Waals surface area contributed by atoms with Crippen LogP contribution >= 0.6 is 11.3 Å². The summed E-state index contributed by atoms with van der Waals surface area (Å²) in [5, 5.41) is 6.74. The summed E-state index contributed by atoms with van der Waals surface area (Å²) >= 11 is 1.76. The first kappa shape index (κ1) is 16.3. The molecule has 2 heterocycles. The number of amides is 2. The van der Waals surface area contributed by atoms with Crippen LogP contribution in [0.15, 0.2) is 5.38 Å². The first-order chi connectivity index (χ1) is 11.7.